The van der Waals surface area contributed by atoms with Gasteiger partial charge in [0.2, 0.25) is 10.0 Å². The summed E-state index contributed by atoms with van der Waals surface area (Å²) in [4.78, 5) is 12.5. The van der Waals surface area contributed by atoms with Crippen LogP contribution in [0.5, 0.6) is 0 Å². The molecule has 1 atom stereocenters. The zero-order valence-corrected chi connectivity index (χ0v) is 15.5. The number of carbonyl (C=O) groups excluding carboxylic acids is 1. The molecule has 1 unspecified atom stereocenters. The molecule has 1 aliphatic rings. The van der Waals surface area contributed by atoms with E-state index in [0.717, 1.165) is 0 Å². The fourth-order valence-electron chi connectivity index (χ4n) is 3.18. The Kier molecular flexibility index (Phi) is 5.88. The average molecular weight is 392 g/mol. The van der Waals surface area contributed by atoms with Crippen molar-refractivity contribution in [2.45, 2.75) is 30.5 Å². The molecule has 1 aliphatic heterocycles. The predicted octanol–water partition coefficient (Wildman–Crippen LogP) is 2.55. The van der Waals surface area contributed by atoms with Gasteiger partial charge in [0.25, 0.3) is 5.91 Å². The van der Waals surface area contributed by atoms with Crippen LogP contribution in [0.15, 0.2) is 53.4 Å². The summed E-state index contributed by atoms with van der Waals surface area (Å²) >= 11 is 0. The van der Waals surface area contributed by atoms with Gasteiger partial charge in [-0.2, -0.15) is 4.31 Å². The number of hydrogen-bond acceptors (Lipinski definition) is 4. The maximum Gasteiger partial charge on any atom is 0.255 e. The monoisotopic (exact) mass is 392 g/mol. The van der Waals surface area contributed by atoms with E-state index >= 15 is 0 Å². The van der Waals surface area contributed by atoms with E-state index in [1.165, 1.54) is 34.6 Å². The van der Waals surface area contributed by atoms with Crippen molar-refractivity contribution in [1.29, 1.82) is 0 Å². The van der Waals surface area contributed by atoms with Crippen molar-refractivity contribution in [3.05, 3.63) is 59.7 Å². The highest BCUT2D eigenvalue weighted by Gasteiger charge is 2.35. The van der Waals surface area contributed by atoms with Crippen molar-refractivity contribution in [1.82, 2.24) is 4.31 Å². The minimum absolute atomic E-state index is 0.00742. The summed E-state index contributed by atoms with van der Waals surface area (Å²) in [5.74, 6) is -0.483. The Morgan fingerprint density at radius 3 is 2.74 bits per heavy atom. The number of rotatable bonds is 6. The van der Waals surface area contributed by atoms with Gasteiger partial charge in [0.15, 0.2) is 0 Å². The first-order valence-electron chi connectivity index (χ1n) is 8.64. The molecular formula is C19H21FN2O4S. The molecule has 1 heterocycles. The third kappa shape index (κ3) is 4.18. The number of alkyl halides is 1. The average Bonchev–Trinajstić information content (AvgIpc) is 3.18. The SMILES string of the molecule is O=C(Nc1cccc(CF)c1)c1cccc(S(=O)(=O)N2CCCC2CO)c1. The Bertz CT molecular complexity index is 933. The second-order valence-electron chi connectivity index (χ2n) is 6.41. The van der Waals surface area contributed by atoms with Gasteiger partial charge in [-0.15, -0.1) is 0 Å². The fraction of sp³-hybridized carbons (Fsp3) is 0.316. The highest BCUT2D eigenvalue weighted by Crippen LogP contribution is 2.26. The summed E-state index contributed by atoms with van der Waals surface area (Å²) in [5.41, 5.74) is 1.05. The molecule has 0 saturated carbocycles. The van der Waals surface area contributed by atoms with Crippen molar-refractivity contribution >= 4 is 21.6 Å². The van der Waals surface area contributed by atoms with Gasteiger partial charge >= 0.3 is 0 Å². The number of anilines is 1. The molecule has 1 fully saturated rings. The van der Waals surface area contributed by atoms with Gasteiger partial charge in [-0.25, -0.2) is 12.8 Å². The van der Waals surface area contributed by atoms with E-state index in [-0.39, 0.29) is 17.1 Å². The number of nitrogens with one attached hydrogen (secondary N) is 1. The molecule has 6 nitrogen and oxygen atoms in total. The topological polar surface area (TPSA) is 86.7 Å². The molecule has 2 N–H and O–H groups in total. The molecule has 1 amide bonds. The number of aliphatic hydroxyl groups is 1. The highest BCUT2D eigenvalue weighted by molar-refractivity contribution is 7.89. The zero-order chi connectivity index (χ0) is 19.4. The molecule has 0 aromatic heterocycles. The van der Waals surface area contributed by atoms with Crippen LogP contribution in [0.3, 0.4) is 0 Å². The van der Waals surface area contributed by atoms with Gasteiger partial charge in [0.1, 0.15) is 6.67 Å². The number of nitrogens with zero attached hydrogens (tertiary/aromatic N) is 1. The molecule has 2 aromatic rings. The van der Waals surface area contributed by atoms with E-state index in [0.29, 0.717) is 30.6 Å². The maximum atomic E-state index is 12.9. The van der Waals surface area contributed by atoms with Crippen LogP contribution in [0.2, 0.25) is 0 Å². The van der Waals surface area contributed by atoms with Crippen molar-refractivity contribution in [2.75, 3.05) is 18.5 Å². The first-order valence-corrected chi connectivity index (χ1v) is 10.1. The quantitative estimate of drug-likeness (QED) is 0.791. The Morgan fingerprint density at radius 1 is 1.22 bits per heavy atom. The summed E-state index contributed by atoms with van der Waals surface area (Å²) in [5, 5.41) is 12.0. The summed E-state index contributed by atoms with van der Waals surface area (Å²) < 4.78 is 39.8. The third-order valence-corrected chi connectivity index (χ3v) is 6.52. The minimum Gasteiger partial charge on any atom is -0.395 e. The lowest BCUT2D eigenvalue weighted by atomic mass is 10.2. The van der Waals surface area contributed by atoms with Crippen LogP contribution in [-0.4, -0.2) is 42.9 Å². The molecule has 0 radical (unpaired) electrons. The number of benzene rings is 2. The predicted molar refractivity (Wildman–Crippen MR) is 99.6 cm³/mol. The van der Waals surface area contributed by atoms with Crippen molar-refractivity contribution in [2.24, 2.45) is 0 Å². The molecule has 144 valence electrons. The molecule has 0 aliphatic carbocycles. The number of carbonyl (C=O) groups is 1. The van der Waals surface area contributed by atoms with Gasteiger partial charge in [-0.1, -0.05) is 18.2 Å². The summed E-state index contributed by atoms with van der Waals surface area (Å²) in [6, 6.07) is 11.7. The van der Waals surface area contributed by atoms with Crippen LogP contribution in [0, 0.1) is 0 Å². The second kappa shape index (κ2) is 8.16. The molecule has 2 aromatic carbocycles. The summed E-state index contributed by atoms with van der Waals surface area (Å²) in [6.07, 6.45) is 1.30. The number of halogens is 1. The smallest absolute Gasteiger partial charge is 0.255 e. The number of hydrogen-bond donors (Lipinski definition) is 2. The zero-order valence-electron chi connectivity index (χ0n) is 14.6. The van der Waals surface area contributed by atoms with Gasteiger partial charge in [0, 0.05) is 23.8 Å². The molecule has 0 spiro atoms. The lowest BCUT2D eigenvalue weighted by Crippen LogP contribution is -2.37. The van der Waals surface area contributed by atoms with E-state index in [4.69, 9.17) is 0 Å². The maximum absolute atomic E-state index is 12.9. The number of sulfonamides is 1. The van der Waals surface area contributed by atoms with Gasteiger partial charge in [-0.3, -0.25) is 4.79 Å². The van der Waals surface area contributed by atoms with E-state index in [2.05, 4.69) is 5.32 Å². The Balaban J connectivity index is 1.83. The number of amides is 1. The van der Waals surface area contributed by atoms with E-state index in [1.807, 2.05) is 0 Å². The number of aliphatic hydroxyl groups excluding tert-OH is 1. The van der Waals surface area contributed by atoms with Crippen LogP contribution < -0.4 is 5.32 Å². The minimum atomic E-state index is -3.80. The highest BCUT2D eigenvalue weighted by atomic mass is 32.2. The lowest BCUT2D eigenvalue weighted by Gasteiger charge is -2.22. The standard InChI is InChI=1S/C19H21FN2O4S/c20-12-14-4-1-6-16(10-14)21-19(24)15-5-2-8-18(11-15)27(25,26)22-9-3-7-17(22)13-23/h1-2,4-6,8,10-11,17,23H,3,7,9,12-13H2,(H,21,24). The Labute approximate surface area is 157 Å². The van der Waals surface area contributed by atoms with Crippen LogP contribution in [-0.2, 0) is 16.7 Å². The first-order chi connectivity index (χ1) is 13.0. The summed E-state index contributed by atoms with van der Waals surface area (Å²) in [7, 11) is -3.80. The molecule has 3 rings (SSSR count). The van der Waals surface area contributed by atoms with Crippen LogP contribution in [0.25, 0.3) is 0 Å². The Morgan fingerprint density at radius 2 is 2.00 bits per heavy atom. The van der Waals surface area contributed by atoms with Gasteiger partial charge < -0.3 is 10.4 Å². The Hall–Kier alpha value is -2.29. The van der Waals surface area contributed by atoms with Crippen LogP contribution in [0.1, 0.15) is 28.8 Å². The second-order valence-corrected chi connectivity index (χ2v) is 8.30. The largest absolute Gasteiger partial charge is 0.395 e. The van der Waals surface area contributed by atoms with E-state index in [9.17, 15) is 22.7 Å². The normalized spacial score (nSPS) is 17.8. The fourth-order valence-corrected chi connectivity index (χ4v) is 4.91. The van der Waals surface area contributed by atoms with E-state index < -0.39 is 28.6 Å². The summed E-state index contributed by atoms with van der Waals surface area (Å²) in [6.45, 7) is -0.524. The van der Waals surface area contributed by atoms with E-state index in [1.54, 1.807) is 18.2 Å². The molecule has 8 heteroatoms. The lowest BCUT2D eigenvalue weighted by molar-refractivity contribution is 0.102. The van der Waals surface area contributed by atoms with Gasteiger partial charge in [-0.05, 0) is 48.7 Å². The van der Waals surface area contributed by atoms with Crippen LogP contribution >= 0.6 is 0 Å². The van der Waals surface area contributed by atoms with Crippen molar-refractivity contribution in [3.63, 3.8) is 0 Å². The molecular weight excluding hydrogens is 371 g/mol. The van der Waals surface area contributed by atoms with Crippen molar-refractivity contribution in [3.8, 4) is 0 Å². The first kappa shape index (κ1) is 19.5. The molecule has 27 heavy (non-hydrogen) atoms. The van der Waals surface area contributed by atoms with Crippen molar-refractivity contribution < 1.29 is 22.7 Å². The van der Waals surface area contributed by atoms with Gasteiger partial charge in [0.05, 0.1) is 11.5 Å². The van der Waals surface area contributed by atoms with Crippen LogP contribution in [0.4, 0.5) is 10.1 Å². The molecule has 1 saturated heterocycles. The third-order valence-electron chi connectivity index (χ3n) is 4.58. The molecule has 0 bridgehead atoms.